The van der Waals surface area contributed by atoms with Gasteiger partial charge in [0.2, 0.25) is 5.89 Å². The number of oxazole rings is 1. The zero-order valence-electron chi connectivity index (χ0n) is 13.0. The normalized spacial score (nSPS) is 13.6. The molecule has 0 aliphatic carbocycles. The third-order valence-electron chi connectivity index (χ3n) is 3.43. The molecule has 0 saturated carbocycles. The van der Waals surface area contributed by atoms with Gasteiger partial charge in [0.15, 0.2) is 0 Å². The molecule has 8 heteroatoms. The van der Waals surface area contributed by atoms with Crippen molar-refractivity contribution in [3.63, 3.8) is 0 Å². The van der Waals surface area contributed by atoms with Crippen molar-refractivity contribution in [2.75, 3.05) is 0 Å². The molecule has 0 aliphatic heterocycles. The van der Waals surface area contributed by atoms with Crippen LogP contribution in [0.1, 0.15) is 41.6 Å². The molecule has 2 rings (SSSR count). The lowest BCUT2D eigenvalue weighted by molar-refractivity contribution is -0.142. The summed E-state index contributed by atoms with van der Waals surface area (Å²) < 4.78 is 44.0. The minimum absolute atomic E-state index is 0.158. The van der Waals surface area contributed by atoms with E-state index in [9.17, 15) is 13.2 Å². The number of hydrogen-bond acceptors (Lipinski definition) is 4. The molecular formula is C14H19F3N4O. The van der Waals surface area contributed by atoms with E-state index in [0.29, 0.717) is 23.8 Å². The summed E-state index contributed by atoms with van der Waals surface area (Å²) in [4.78, 5) is 4.08. The Morgan fingerprint density at radius 3 is 2.55 bits per heavy atom. The molecule has 1 atom stereocenters. The number of hydrogen-bond donors (Lipinski definition) is 1. The Morgan fingerprint density at radius 1 is 1.32 bits per heavy atom. The predicted molar refractivity (Wildman–Crippen MR) is 74.3 cm³/mol. The summed E-state index contributed by atoms with van der Waals surface area (Å²) in [5.41, 5.74) is 1.87. The zero-order chi connectivity index (χ0) is 16.5. The maximum Gasteiger partial charge on any atom is 0.408 e. The van der Waals surface area contributed by atoms with Crippen molar-refractivity contribution in [1.29, 1.82) is 0 Å². The average molecular weight is 316 g/mol. The number of rotatable bonds is 5. The first-order valence-corrected chi connectivity index (χ1v) is 6.92. The lowest BCUT2D eigenvalue weighted by Crippen LogP contribution is -2.21. The number of aryl methyl sites for hydroxylation is 2. The number of nitrogens with one attached hydrogen (secondary N) is 1. The second-order valence-corrected chi connectivity index (χ2v) is 5.32. The molecule has 0 bridgehead atoms. The summed E-state index contributed by atoms with van der Waals surface area (Å²) in [5.74, 6) is 1.26. The fourth-order valence-corrected chi connectivity index (χ4v) is 2.49. The summed E-state index contributed by atoms with van der Waals surface area (Å²) in [6, 6.07) is -0.158. The number of aromatic nitrogens is 3. The molecule has 2 aromatic heterocycles. The summed E-state index contributed by atoms with van der Waals surface area (Å²) in [6.45, 7) is 6.36. The van der Waals surface area contributed by atoms with E-state index in [-0.39, 0.29) is 6.04 Å². The molecule has 0 unspecified atom stereocenters. The van der Waals surface area contributed by atoms with Gasteiger partial charge in [-0.2, -0.15) is 18.3 Å². The van der Waals surface area contributed by atoms with Gasteiger partial charge in [0, 0.05) is 17.3 Å². The van der Waals surface area contributed by atoms with E-state index in [0.717, 1.165) is 16.0 Å². The van der Waals surface area contributed by atoms with E-state index in [1.54, 1.807) is 27.0 Å². The van der Waals surface area contributed by atoms with Gasteiger partial charge in [-0.05, 0) is 27.7 Å². The van der Waals surface area contributed by atoms with Crippen molar-refractivity contribution in [2.24, 2.45) is 0 Å². The lowest BCUT2D eigenvalue weighted by Gasteiger charge is -2.14. The highest BCUT2D eigenvalue weighted by molar-refractivity contribution is 5.27. The first-order valence-electron chi connectivity index (χ1n) is 6.92. The average Bonchev–Trinajstić information content (AvgIpc) is 2.90. The minimum Gasteiger partial charge on any atom is -0.445 e. The largest absolute Gasteiger partial charge is 0.445 e. The van der Waals surface area contributed by atoms with Gasteiger partial charge in [0.05, 0.1) is 18.4 Å². The highest BCUT2D eigenvalue weighted by Gasteiger charge is 2.30. The Bertz CT molecular complexity index is 645. The minimum atomic E-state index is -4.28. The Hall–Kier alpha value is -1.83. The van der Waals surface area contributed by atoms with Crippen LogP contribution in [-0.4, -0.2) is 20.9 Å². The van der Waals surface area contributed by atoms with E-state index >= 15 is 0 Å². The molecule has 0 saturated heterocycles. The van der Waals surface area contributed by atoms with Crippen LogP contribution in [0, 0.1) is 20.8 Å². The van der Waals surface area contributed by atoms with Gasteiger partial charge in [-0.15, -0.1) is 0 Å². The van der Waals surface area contributed by atoms with Crippen LogP contribution in [0.5, 0.6) is 0 Å². The molecule has 0 aliphatic rings. The molecular weight excluding hydrogens is 297 g/mol. The highest BCUT2D eigenvalue weighted by atomic mass is 19.4. The summed E-state index contributed by atoms with van der Waals surface area (Å²) in [7, 11) is 0. The summed E-state index contributed by atoms with van der Waals surface area (Å²) in [5, 5.41) is 7.19. The molecule has 0 spiro atoms. The third-order valence-corrected chi connectivity index (χ3v) is 3.43. The molecule has 0 radical (unpaired) electrons. The van der Waals surface area contributed by atoms with Crippen LogP contribution in [0.4, 0.5) is 13.2 Å². The molecule has 22 heavy (non-hydrogen) atoms. The van der Waals surface area contributed by atoms with Gasteiger partial charge < -0.3 is 9.73 Å². The number of halogens is 3. The second kappa shape index (κ2) is 6.12. The van der Waals surface area contributed by atoms with Gasteiger partial charge in [-0.25, -0.2) is 4.98 Å². The monoisotopic (exact) mass is 316 g/mol. The van der Waals surface area contributed by atoms with Gasteiger partial charge in [-0.1, -0.05) is 0 Å². The first kappa shape index (κ1) is 16.5. The highest BCUT2D eigenvalue weighted by Crippen LogP contribution is 2.25. The van der Waals surface area contributed by atoms with Crippen LogP contribution in [-0.2, 0) is 13.1 Å². The standard InChI is InChI=1S/C14H19F3N4O/c1-8-5-19-12(22-8)6-18-9(2)13-10(3)20-21(11(13)4)7-14(15,16)17/h5,9,18H,6-7H2,1-4H3/t9-/m0/s1. The van der Waals surface area contributed by atoms with Crippen LogP contribution in [0.3, 0.4) is 0 Å². The molecule has 122 valence electrons. The first-order chi connectivity index (χ1) is 10.2. The molecule has 2 aromatic rings. The van der Waals surface area contributed by atoms with Gasteiger partial charge >= 0.3 is 6.18 Å². The Kier molecular flexibility index (Phi) is 4.60. The number of alkyl halides is 3. The summed E-state index contributed by atoms with van der Waals surface area (Å²) in [6.07, 6.45) is -2.66. The maximum absolute atomic E-state index is 12.5. The Labute approximate surface area is 126 Å². The summed E-state index contributed by atoms with van der Waals surface area (Å²) >= 11 is 0. The molecule has 5 nitrogen and oxygen atoms in total. The van der Waals surface area contributed by atoms with Crippen LogP contribution in [0.25, 0.3) is 0 Å². The van der Waals surface area contributed by atoms with Gasteiger partial charge in [0.25, 0.3) is 0 Å². The van der Waals surface area contributed by atoms with E-state index in [4.69, 9.17) is 4.42 Å². The molecule has 0 aromatic carbocycles. The Balaban J connectivity index is 2.10. The molecule has 1 N–H and O–H groups in total. The van der Waals surface area contributed by atoms with Crippen molar-refractivity contribution in [3.05, 3.63) is 34.8 Å². The van der Waals surface area contributed by atoms with E-state index in [1.807, 2.05) is 6.92 Å². The van der Waals surface area contributed by atoms with Crippen LogP contribution in [0.2, 0.25) is 0 Å². The predicted octanol–water partition coefficient (Wildman–Crippen LogP) is 3.21. The SMILES string of the molecule is Cc1cnc(CN[C@@H](C)c2c(C)nn(CC(F)(F)F)c2C)o1. The van der Waals surface area contributed by atoms with Crippen LogP contribution >= 0.6 is 0 Å². The molecule has 2 heterocycles. The fraction of sp³-hybridized carbons (Fsp3) is 0.571. The van der Waals surface area contributed by atoms with Crippen molar-refractivity contribution in [3.8, 4) is 0 Å². The van der Waals surface area contributed by atoms with Crippen LogP contribution < -0.4 is 5.32 Å². The van der Waals surface area contributed by atoms with Crippen molar-refractivity contribution in [1.82, 2.24) is 20.1 Å². The van der Waals surface area contributed by atoms with E-state index < -0.39 is 12.7 Å². The van der Waals surface area contributed by atoms with Gasteiger partial charge in [-0.3, -0.25) is 4.68 Å². The topological polar surface area (TPSA) is 55.9 Å². The Morgan fingerprint density at radius 2 is 2.00 bits per heavy atom. The number of nitrogens with zero attached hydrogens (tertiary/aromatic N) is 3. The second-order valence-electron chi connectivity index (χ2n) is 5.32. The van der Waals surface area contributed by atoms with Crippen molar-refractivity contribution < 1.29 is 17.6 Å². The molecule has 0 amide bonds. The quantitative estimate of drug-likeness (QED) is 0.920. The lowest BCUT2D eigenvalue weighted by atomic mass is 10.1. The third kappa shape index (κ3) is 3.88. The van der Waals surface area contributed by atoms with Crippen LogP contribution in [0.15, 0.2) is 10.6 Å². The van der Waals surface area contributed by atoms with E-state index in [1.165, 1.54) is 0 Å². The maximum atomic E-state index is 12.5. The van der Waals surface area contributed by atoms with E-state index in [2.05, 4.69) is 15.4 Å². The van der Waals surface area contributed by atoms with Crippen molar-refractivity contribution >= 4 is 0 Å². The zero-order valence-corrected chi connectivity index (χ0v) is 13.0. The fourth-order valence-electron chi connectivity index (χ4n) is 2.49. The van der Waals surface area contributed by atoms with Crippen molar-refractivity contribution in [2.45, 2.75) is 53.0 Å². The van der Waals surface area contributed by atoms with Gasteiger partial charge in [0.1, 0.15) is 12.3 Å². The molecule has 0 fully saturated rings. The smallest absolute Gasteiger partial charge is 0.408 e.